The highest BCUT2D eigenvalue weighted by atomic mass is 16.5. The quantitative estimate of drug-likeness (QED) is 0.646. The molecule has 2 aromatic heterocycles. The van der Waals surface area contributed by atoms with E-state index in [2.05, 4.69) is 45.5 Å². The lowest BCUT2D eigenvalue weighted by Gasteiger charge is -2.46. The van der Waals surface area contributed by atoms with Crippen LogP contribution < -0.4 is 10.1 Å². The fourth-order valence-electron chi connectivity index (χ4n) is 5.15. The minimum absolute atomic E-state index is 0.181. The maximum absolute atomic E-state index is 12.9. The maximum Gasteiger partial charge on any atom is 0.222 e. The highest BCUT2D eigenvalue weighted by Crippen LogP contribution is 2.44. The third kappa shape index (κ3) is 3.45. The summed E-state index contributed by atoms with van der Waals surface area (Å²) >= 11 is 0. The van der Waals surface area contributed by atoms with Crippen LogP contribution >= 0.6 is 0 Å². The maximum atomic E-state index is 12.9. The van der Waals surface area contributed by atoms with Gasteiger partial charge in [-0.15, -0.1) is 0 Å². The van der Waals surface area contributed by atoms with Crippen molar-refractivity contribution in [3.05, 3.63) is 59.2 Å². The summed E-state index contributed by atoms with van der Waals surface area (Å²) in [6.45, 7) is 7.95. The van der Waals surface area contributed by atoms with Crippen LogP contribution in [0.3, 0.4) is 0 Å². The molecule has 1 N–H and O–H groups in total. The largest absolute Gasteiger partial charge is 0.494 e. The van der Waals surface area contributed by atoms with Gasteiger partial charge >= 0.3 is 0 Å². The second kappa shape index (κ2) is 8.04. The summed E-state index contributed by atoms with van der Waals surface area (Å²) < 4.78 is 13.2. The summed E-state index contributed by atoms with van der Waals surface area (Å²) in [6.07, 6.45) is 5.02. The monoisotopic (exact) mass is 434 g/mol. The molecule has 0 atom stereocenters. The van der Waals surface area contributed by atoms with Crippen molar-refractivity contribution in [2.45, 2.75) is 52.0 Å². The number of amides is 1. The molecular formula is C25H30N4O3. The Balaban J connectivity index is 1.30. The molecule has 5 rings (SSSR count). The van der Waals surface area contributed by atoms with Gasteiger partial charge in [-0.3, -0.25) is 4.79 Å². The van der Waals surface area contributed by atoms with Crippen molar-refractivity contribution < 1.29 is 14.1 Å². The van der Waals surface area contributed by atoms with Crippen LogP contribution in [0.15, 0.2) is 41.1 Å². The number of likely N-dealkylation sites (tertiary alicyclic amines) is 1. The molecule has 1 amide bonds. The van der Waals surface area contributed by atoms with Gasteiger partial charge in [0.15, 0.2) is 0 Å². The third-order valence-corrected chi connectivity index (χ3v) is 6.89. The number of hydrogen-bond donors (Lipinski definition) is 1. The van der Waals surface area contributed by atoms with E-state index in [9.17, 15) is 4.79 Å². The van der Waals surface area contributed by atoms with Crippen molar-refractivity contribution in [2.24, 2.45) is 0 Å². The normalized spacial score (nSPS) is 16.4. The summed E-state index contributed by atoms with van der Waals surface area (Å²) in [6, 6.07) is 10.5. The second-order valence-corrected chi connectivity index (χ2v) is 8.77. The molecule has 1 fully saturated rings. The Morgan fingerprint density at radius 1 is 1.25 bits per heavy atom. The van der Waals surface area contributed by atoms with E-state index in [1.165, 1.54) is 5.69 Å². The SMILES string of the molecule is CCOc1ccc2c(c1)NC1(CCN(C(=O)CCc3c(C)noc3C)CC1)c1cccn1-2. The molecule has 2 aliphatic rings. The van der Waals surface area contributed by atoms with E-state index in [-0.39, 0.29) is 11.4 Å². The number of piperidine rings is 1. The first-order valence-corrected chi connectivity index (χ1v) is 11.4. The van der Waals surface area contributed by atoms with Crippen LogP contribution in [-0.4, -0.2) is 40.2 Å². The van der Waals surface area contributed by atoms with Crippen LogP contribution in [0.2, 0.25) is 0 Å². The molecule has 0 saturated carbocycles. The Bertz CT molecular complexity index is 1120. The van der Waals surface area contributed by atoms with Crippen molar-refractivity contribution >= 4 is 11.6 Å². The fraction of sp³-hybridized carbons (Fsp3) is 0.440. The molecule has 7 nitrogen and oxygen atoms in total. The Kier molecular flexibility index (Phi) is 5.19. The number of carbonyl (C=O) groups excluding carboxylic acids is 1. The van der Waals surface area contributed by atoms with Crippen LogP contribution in [0.1, 0.15) is 48.9 Å². The molecule has 0 aliphatic carbocycles. The predicted molar refractivity (Wildman–Crippen MR) is 122 cm³/mol. The number of carbonyl (C=O) groups is 1. The molecule has 4 heterocycles. The summed E-state index contributed by atoms with van der Waals surface area (Å²) in [4.78, 5) is 14.9. The van der Waals surface area contributed by atoms with E-state index >= 15 is 0 Å². The molecule has 1 saturated heterocycles. The zero-order valence-corrected chi connectivity index (χ0v) is 19.0. The summed E-state index contributed by atoms with van der Waals surface area (Å²) in [5, 5.41) is 7.82. The Morgan fingerprint density at radius 3 is 2.78 bits per heavy atom. The molecule has 168 valence electrons. The smallest absolute Gasteiger partial charge is 0.222 e. The zero-order valence-electron chi connectivity index (χ0n) is 19.0. The van der Waals surface area contributed by atoms with E-state index in [4.69, 9.17) is 9.26 Å². The van der Waals surface area contributed by atoms with Crippen molar-refractivity contribution in [1.82, 2.24) is 14.6 Å². The van der Waals surface area contributed by atoms with Gasteiger partial charge in [0, 0.05) is 43.0 Å². The van der Waals surface area contributed by atoms with E-state index in [1.807, 2.05) is 31.7 Å². The van der Waals surface area contributed by atoms with E-state index in [0.29, 0.717) is 19.4 Å². The number of aryl methyl sites for hydroxylation is 2. The van der Waals surface area contributed by atoms with Gasteiger partial charge in [-0.05, 0) is 64.3 Å². The molecule has 1 spiro atoms. The minimum Gasteiger partial charge on any atom is -0.494 e. The first-order valence-electron chi connectivity index (χ1n) is 11.4. The van der Waals surface area contributed by atoms with Gasteiger partial charge < -0.3 is 24.0 Å². The minimum atomic E-state index is -0.181. The molecule has 2 aliphatic heterocycles. The highest BCUT2D eigenvalue weighted by molar-refractivity contribution is 5.77. The number of nitrogens with zero attached hydrogens (tertiary/aromatic N) is 3. The number of benzene rings is 1. The van der Waals surface area contributed by atoms with Gasteiger partial charge in [0.25, 0.3) is 0 Å². The molecule has 3 aromatic rings. The lowest BCUT2D eigenvalue weighted by molar-refractivity contribution is -0.132. The molecule has 0 bridgehead atoms. The number of hydrogen-bond acceptors (Lipinski definition) is 5. The summed E-state index contributed by atoms with van der Waals surface area (Å²) in [5.41, 5.74) is 5.23. The van der Waals surface area contributed by atoms with Gasteiger partial charge in [-0.2, -0.15) is 0 Å². The number of nitrogens with one attached hydrogen (secondary N) is 1. The van der Waals surface area contributed by atoms with E-state index in [0.717, 1.165) is 60.1 Å². The molecule has 0 radical (unpaired) electrons. The first kappa shape index (κ1) is 20.7. The standard InChI is InChI=1S/C25H30N4O3/c1-4-31-19-7-9-22-21(16-19)26-25(23-6-5-13-29(22)23)11-14-28(15-12-25)24(30)10-8-20-17(2)27-32-18(20)3/h5-7,9,13,16,26H,4,8,10-12,14-15H2,1-3H3. The van der Waals surface area contributed by atoms with Gasteiger partial charge in [0.1, 0.15) is 11.5 Å². The van der Waals surface area contributed by atoms with Crippen molar-refractivity contribution in [1.29, 1.82) is 0 Å². The average molecular weight is 435 g/mol. The second-order valence-electron chi connectivity index (χ2n) is 8.77. The van der Waals surface area contributed by atoms with Gasteiger partial charge in [0.2, 0.25) is 5.91 Å². The van der Waals surface area contributed by atoms with Gasteiger partial charge in [0.05, 0.1) is 29.2 Å². The highest BCUT2D eigenvalue weighted by Gasteiger charge is 2.42. The lowest BCUT2D eigenvalue weighted by atomic mass is 9.82. The van der Waals surface area contributed by atoms with Crippen molar-refractivity contribution in [2.75, 3.05) is 25.0 Å². The first-order chi connectivity index (χ1) is 15.5. The third-order valence-electron chi connectivity index (χ3n) is 6.89. The van der Waals surface area contributed by atoms with Crippen LogP contribution in [0.25, 0.3) is 5.69 Å². The molecule has 32 heavy (non-hydrogen) atoms. The van der Waals surface area contributed by atoms with Gasteiger partial charge in [-0.25, -0.2) is 0 Å². The molecule has 1 aromatic carbocycles. The molecular weight excluding hydrogens is 404 g/mol. The Morgan fingerprint density at radius 2 is 2.06 bits per heavy atom. The zero-order chi connectivity index (χ0) is 22.3. The topological polar surface area (TPSA) is 72.5 Å². The number of anilines is 1. The Hall–Kier alpha value is -3.22. The molecule has 0 unspecified atom stereocenters. The van der Waals surface area contributed by atoms with Crippen molar-refractivity contribution in [3.63, 3.8) is 0 Å². The van der Waals surface area contributed by atoms with Crippen LogP contribution in [0.5, 0.6) is 5.75 Å². The lowest BCUT2D eigenvalue weighted by Crippen LogP contribution is -2.51. The van der Waals surface area contributed by atoms with Crippen molar-refractivity contribution in [3.8, 4) is 11.4 Å². The fourth-order valence-corrected chi connectivity index (χ4v) is 5.15. The van der Waals surface area contributed by atoms with Crippen LogP contribution in [0.4, 0.5) is 5.69 Å². The van der Waals surface area contributed by atoms with E-state index in [1.54, 1.807) is 0 Å². The number of rotatable bonds is 5. The van der Waals surface area contributed by atoms with Crippen LogP contribution in [0, 0.1) is 13.8 Å². The molecule has 7 heteroatoms. The van der Waals surface area contributed by atoms with Crippen LogP contribution in [-0.2, 0) is 16.8 Å². The average Bonchev–Trinajstić information content (AvgIpc) is 3.41. The summed E-state index contributed by atoms with van der Waals surface area (Å²) in [7, 11) is 0. The van der Waals surface area contributed by atoms with E-state index < -0.39 is 0 Å². The summed E-state index contributed by atoms with van der Waals surface area (Å²) in [5.74, 6) is 1.88. The number of fused-ring (bicyclic) bond motifs is 4. The Labute approximate surface area is 188 Å². The number of ether oxygens (including phenoxy) is 1. The predicted octanol–water partition coefficient (Wildman–Crippen LogP) is 4.36. The number of aromatic nitrogens is 2. The van der Waals surface area contributed by atoms with Gasteiger partial charge in [-0.1, -0.05) is 5.16 Å².